The molecule has 0 amide bonds. The van der Waals surface area contributed by atoms with Gasteiger partial charge < -0.3 is 15.2 Å². The molecule has 1 fully saturated rings. The number of nitrogens with zero attached hydrogens (tertiary/aromatic N) is 2. The maximum atomic E-state index is 11.8. The first-order valence-electron chi connectivity index (χ1n) is 8.81. The van der Waals surface area contributed by atoms with E-state index in [2.05, 4.69) is 15.3 Å². The molecule has 0 bridgehead atoms. The largest absolute Gasteiger partial charge is 0.476 e. The second kappa shape index (κ2) is 10.0. The lowest BCUT2D eigenvalue weighted by atomic mass is 10.1. The van der Waals surface area contributed by atoms with Crippen molar-refractivity contribution >= 4 is 11.8 Å². The molecule has 152 valence electrons. The van der Waals surface area contributed by atoms with Crippen LogP contribution in [0.3, 0.4) is 0 Å². The Morgan fingerprint density at radius 3 is 2.50 bits per heavy atom. The van der Waals surface area contributed by atoms with Gasteiger partial charge in [-0.2, -0.15) is 13.2 Å². The number of benzene rings is 1. The van der Waals surface area contributed by atoms with Gasteiger partial charge in [0.05, 0.1) is 11.7 Å². The lowest BCUT2D eigenvalue weighted by Gasteiger charge is -2.23. The minimum Gasteiger partial charge on any atom is -0.476 e. The van der Waals surface area contributed by atoms with Crippen LogP contribution in [-0.2, 0) is 10.9 Å². The summed E-state index contributed by atoms with van der Waals surface area (Å²) in [6.07, 6.45) is 0.563. The Hall–Kier alpha value is -2.68. The summed E-state index contributed by atoms with van der Waals surface area (Å²) in [5, 5.41) is 12.1. The van der Waals surface area contributed by atoms with E-state index in [1.54, 1.807) is 13.0 Å². The van der Waals surface area contributed by atoms with Crippen LogP contribution in [0.25, 0.3) is 0 Å². The molecule has 1 aliphatic rings. The molecule has 1 saturated heterocycles. The molecule has 2 N–H and O–H groups in total. The van der Waals surface area contributed by atoms with E-state index in [0.717, 1.165) is 31.6 Å². The number of hydrogen-bond acceptors (Lipinski definition) is 5. The first-order valence-corrected chi connectivity index (χ1v) is 8.81. The molecule has 0 aliphatic carbocycles. The van der Waals surface area contributed by atoms with Crippen molar-refractivity contribution in [2.45, 2.75) is 38.5 Å². The molecular formula is C19H22F3N3O3. The summed E-state index contributed by atoms with van der Waals surface area (Å²) in [4.78, 5) is 18.8. The number of alkyl halides is 3. The Morgan fingerprint density at radius 2 is 1.96 bits per heavy atom. The molecule has 1 aromatic heterocycles. The van der Waals surface area contributed by atoms with E-state index in [0.29, 0.717) is 17.9 Å². The molecular weight excluding hydrogens is 375 g/mol. The van der Waals surface area contributed by atoms with Crippen molar-refractivity contribution in [3.63, 3.8) is 0 Å². The van der Waals surface area contributed by atoms with Gasteiger partial charge in [0.25, 0.3) is 0 Å². The normalized spacial score (nSPS) is 16.6. The average Bonchev–Trinajstić information content (AvgIpc) is 2.68. The maximum absolute atomic E-state index is 11.8. The summed E-state index contributed by atoms with van der Waals surface area (Å²) in [6.45, 7) is 3.15. The molecule has 1 aromatic carbocycles. The topological polar surface area (TPSA) is 84.3 Å². The molecule has 0 saturated carbocycles. The fourth-order valence-corrected chi connectivity index (χ4v) is 2.65. The van der Waals surface area contributed by atoms with Crippen molar-refractivity contribution in [2.75, 3.05) is 18.5 Å². The maximum Gasteiger partial charge on any atom is 0.416 e. The zero-order valence-corrected chi connectivity index (χ0v) is 15.4. The van der Waals surface area contributed by atoms with Gasteiger partial charge in [-0.05, 0) is 26.2 Å². The van der Waals surface area contributed by atoms with Crippen LogP contribution in [0.1, 0.15) is 40.9 Å². The summed E-state index contributed by atoms with van der Waals surface area (Å²) in [6, 6.07) is 6.36. The molecule has 6 nitrogen and oxygen atoms in total. The van der Waals surface area contributed by atoms with Gasteiger partial charge >= 0.3 is 12.1 Å². The van der Waals surface area contributed by atoms with Crippen molar-refractivity contribution < 1.29 is 27.8 Å². The lowest BCUT2D eigenvalue weighted by molar-refractivity contribution is -0.137. The number of carboxylic acid groups (broad SMARTS) is 1. The first kappa shape index (κ1) is 21.6. The van der Waals surface area contributed by atoms with Crippen LogP contribution in [0.5, 0.6) is 0 Å². The summed E-state index contributed by atoms with van der Waals surface area (Å²) in [5.74, 6) is -0.469. The van der Waals surface area contributed by atoms with E-state index in [1.165, 1.54) is 24.9 Å². The monoisotopic (exact) mass is 397 g/mol. The molecule has 0 radical (unpaired) electrons. The van der Waals surface area contributed by atoms with Crippen molar-refractivity contribution in [3.05, 3.63) is 53.5 Å². The summed E-state index contributed by atoms with van der Waals surface area (Å²) < 4.78 is 41.0. The van der Waals surface area contributed by atoms with Crippen LogP contribution < -0.4 is 5.32 Å². The van der Waals surface area contributed by atoms with E-state index in [-0.39, 0.29) is 11.8 Å². The zero-order chi connectivity index (χ0) is 20.6. The van der Waals surface area contributed by atoms with E-state index in [4.69, 9.17) is 9.84 Å². The highest BCUT2D eigenvalue weighted by molar-refractivity contribution is 5.88. The molecule has 9 heteroatoms. The number of carboxylic acids is 1. The van der Waals surface area contributed by atoms with Gasteiger partial charge in [-0.15, -0.1) is 0 Å². The fourth-order valence-electron chi connectivity index (χ4n) is 2.65. The highest BCUT2D eigenvalue weighted by Crippen LogP contribution is 2.28. The summed E-state index contributed by atoms with van der Waals surface area (Å²) in [7, 11) is 0. The minimum absolute atomic E-state index is 0.0389. The second-order valence-corrected chi connectivity index (χ2v) is 6.23. The predicted octanol–water partition coefficient (Wildman–Crippen LogP) is 4.17. The number of anilines is 1. The van der Waals surface area contributed by atoms with Gasteiger partial charge in [-0.1, -0.05) is 30.3 Å². The Balaban J connectivity index is 0.000000237. The van der Waals surface area contributed by atoms with Gasteiger partial charge in [0.1, 0.15) is 12.1 Å². The van der Waals surface area contributed by atoms with Crippen LogP contribution in [0, 0.1) is 6.92 Å². The van der Waals surface area contributed by atoms with Gasteiger partial charge in [0.2, 0.25) is 0 Å². The third kappa shape index (κ3) is 6.49. The van der Waals surface area contributed by atoms with Gasteiger partial charge in [-0.25, -0.2) is 14.8 Å². The van der Waals surface area contributed by atoms with E-state index in [9.17, 15) is 18.0 Å². The molecule has 2 heterocycles. The molecule has 1 aliphatic heterocycles. The number of halogens is 3. The number of aromatic carboxylic acids is 1. The van der Waals surface area contributed by atoms with Crippen molar-refractivity contribution in [2.24, 2.45) is 0 Å². The van der Waals surface area contributed by atoms with Crippen LogP contribution >= 0.6 is 0 Å². The fraction of sp³-hybridized carbons (Fsp3) is 0.421. The highest BCUT2D eigenvalue weighted by atomic mass is 19.4. The summed E-state index contributed by atoms with van der Waals surface area (Å²) in [5.41, 5.74) is -0.00660. The quantitative estimate of drug-likeness (QED) is 0.806. The Kier molecular flexibility index (Phi) is 7.74. The average molecular weight is 397 g/mol. The van der Waals surface area contributed by atoms with Crippen molar-refractivity contribution in [3.8, 4) is 0 Å². The smallest absolute Gasteiger partial charge is 0.416 e. The Labute approximate surface area is 160 Å². The van der Waals surface area contributed by atoms with E-state index < -0.39 is 17.7 Å². The SMILES string of the molecule is Cc1c(NC[C@H]2CCCCO2)ncnc1C(=O)O.FC(F)(F)c1ccccc1. The van der Waals surface area contributed by atoms with Crippen molar-refractivity contribution in [1.29, 1.82) is 0 Å². The van der Waals surface area contributed by atoms with Crippen LogP contribution in [0.4, 0.5) is 19.0 Å². The number of nitrogens with one attached hydrogen (secondary N) is 1. The van der Waals surface area contributed by atoms with Crippen LogP contribution in [0.15, 0.2) is 36.7 Å². The zero-order valence-electron chi connectivity index (χ0n) is 15.4. The Bertz CT molecular complexity index is 764. The molecule has 0 unspecified atom stereocenters. The molecule has 2 aromatic rings. The number of hydrogen-bond donors (Lipinski definition) is 2. The molecule has 0 spiro atoms. The molecule has 28 heavy (non-hydrogen) atoms. The van der Waals surface area contributed by atoms with Crippen LogP contribution in [0.2, 0.25) is 0 Å². The van der Waals surface area contributed by atoms with Gasteiger partial charge in [-0.3, -0.25) is 0 Å². The predicted molar refractivity (Wildman–Crippen MR) is 97.3 cm³/mol. The van der Waals surface area contributed by atoms with Gasteiger partial charge in [0.15, 0.2) is 5.69 Å². The number of aromatic nitrogens is 2. The standard InChI is InChI=1S/C12H17N3O3.C7H5F3/c1-8-10(12(16)17)14-7-15-11(8)13-6-9-4-2-3-5-18-9;8-7(9,10)6-4-2-1-3-5-6/h7,9H,2-6H2,1H3,(H,16,17)(H,13,14,15);1-5H/t9-;/m1./s1. The van der Waals surface area contributed by atoms with Gasteiger partial charge in [0, 0.05) is 18.7 Å². The Morgan fingerprint density at radius 1 is 1.25 bits per heavy atom. The number of rotatable bonds is 4. The third-order valence-corrected chi connectivity index (χ3v) is 4.16. The molecule has 1 atom stereocenters. The molecule has 3 rings (SSSR count). The van der Waals surface area contributed by atoms with Crippen molar-refractivity contribution in [1.82, 2.24) is 9.97 Å². The van der Waals surface area contributed by atoms with E-state index in [1.807, 2.05) is 0 Å². The first-order chi connectivity index (χ1) is 13.3. The number of ether oxygens (including phenoxy) is 1. The summed E-state index contributed by atoms with van der Waals surface area (Å²) >= 11 is 0. The second-order valence-electron chi connectivity index (χ2n) is 6.23. The highest BCUT2D eigenvalue weighted by Gasteiger charge is 2.29. The van der Waals surface area contributed by atoms with E-state index >= 15 is 0 Å². The third-order valence-electron chi connectivity index (χ3n) is 4.16. The minimum atomic E-state index is -4.21. The van der Waals surface area contributed by atoms with Crippen LogP contribution in [-0.4, -0.2) is 40.3 Å². The number of carbonyl (C=O) groups is 1. The lowest BCUT2D eigenvalue weighted by Crippen LogP contribution is -2.27.